The molecule has 0 bridgehead atoms. The van der Waals surface area contributed by atoms with Crippen LogP contribution in [0.1, 0.15) is 16.9 Å². The molecule has 62 valence electrons. The molecule has 0 radical (unpaired) electrons. The Morgan fingerprint density at radius 1 is 1.55 bits per heavy atom. The molecule has 0 aliphatic carbocycles. The molecular weight excluding hydrogens is 180 g/mol. The first-order chi connectivity index (χ1) is 5.22. The van der Waals surface area contributed by atoms with Gasteiger partial charge in [0.15, 0.2) is 0 Å². The van der Waals surface area contributed by atoms with Crippen molar-refractivity contribution in [2.24, 2.45) is 0 Å². The quantitative estimate of drug-likeness (QED) is 0.717. The van der Waals surface area contributed by atoms with Gasteiger partial charge in [0.25, 0.3) is 0 Å². The summed E-state index contributed by atoms with van der Waals surface area (Å²) in [6.45, 7) is 3.81. The van der Waals surface area contributed by atoms with Crippen LogP contribution in [-0.2, 0) is 16.6 Å². The second-order valence-electron chi connectivity index (χ2n) is 2.09. The summed E-state index contributed by atoms with van der Waals surface area (Å²) in [5.41, 5.74) is 0. The van der Waals surface area contributed by atoms with Crippen molar-refractivity contribution in [1.29, 1.82) is 0 Å². The normalized spacial score (nSPS) is 13.3. The molecule has 1 rings (SSSR count). The highest BCUT2D eigenvalue weighted by Crippen LogP contribution is 2.09. The monoisotopic (exact) mass is 190 g/mol. The largest absolute Gasteiger partial charge is 0.259 e. The van der Waals surface area contributed by atoms with Crippen LogP contribution in [0.4, 0.5) is 0 Å². The molecule has 0 N–H and O–H groups in total. The fourth-order valence-electron chi connectivity index (χ4n) is 0.636. The fourth-order valence-corrected chi connectivity index (χ4v) is 2.31. The number of aryl methyl sites for hydroxylation is 1. The van der Waals surface area contributed by atoms with Crippen molar-refractivity contribution < 1.29 is 4.21 Å². The first kappa shape index (κ1) is 8.80. The van der Waals surface area contributed by atoms with Gasteiger partial charge in [-0.1, -0.05) is 6.92 Å². The molecule has 0 aliphatic heterocycles. The van der Waals surface area contributed by atoms with E-state index in [-0.39, 0.29) is 0 Å². The summed E-state index contributed by atoms with van der Waals surface area (Å²) < 4.78 is 11.0. The molecule has 0 aliphatic rings. The maximum absolute atomic E-state index is 11.0. The Hall–Kier alpha value is -0.290. The van der Waals surface area contributed by atoms with Crippen LogP contribution in [0.25, 0.3) is 0 Å². The van der Waals surface area contributed by atoms with Crippen molar-refractivity contribution in [3.8, 4) is 0 Å². The second kappa shape index (κ2) is 3.92. The number of hydrogen-bond acceptors (Lipinski definition) is 4. The van der Waals surface area contributed by atoms with E-state index >= 15 is 0 Å². The minimum atomic E-state index is -0.757. The number of hydrogen-bond donors (Lipinski definition) is 0. The summed E-state index contributed by atoms with van der Waals surface area (Å²) in [5, 5.41) is 9.53. The van der Waals surface area contributed by atoms with Gasteiger partial charge in [0.1, 0.15) is 10.0 Å². The summed E-state index contributed by atoms with van der Waals surface area (Å²) in [4.78, 5) is 0. The van der Waals surface area contributed by atoms with Gasteiger partial charge in [0.05, 0.1) is 5.75 Å². The maximum Gasteiger partial charge on any atom is 0.129 e. The van der Waals surface area contributed by atoms with Crippen LogP contribution in [0.15, 0.2) is 0 Å². The van der Waals surface area contributed by atoms with Crippen LogP contribution in [0.5, 0.6) is 0 Å². The third-order valence-corrected chi connectivity index (χ3v) is 3.44. The fraction of sp³-hybridized carbons (Fsp3) is 0.667. The lowest BCUT2D eigenvalue weighted by molar-refractivity contribution is 0.683. The van der Waals surface area contributed by atoms with Gasteiger partial charge < -0.3 is 0 Å². The molecule has 0 saturated heterocycles. The molecule has 1 aromatic heterocycles. The Morgan fingerprint density at radius 2 is 2.27 bits per heavy atom. The molecule has 1 atom stereocenters. The number of rotatable bonds is 3. The number of nitrogens with zero attached hydrogens (tertiary/aromatic N) is 2. The second-order valence-corrected chi connectivity index (χ2v) is 5.10. The molecule has 1 heterocycles. The van der Waals surface area contributed by atoms with Crippen molar-refractivity contribution in [2.45, 2.75) is 19.6 Å². The molecule has 11 heavy (non-hydrogen) atoms. The Balaban J connectivity index is 2.57. The van der Waals surface area contributed by atoms with E-state index in [0.717, 1.165) is 10.0 Å². The molecule has 3 nitrogen and oxygen atoms in total. The molecule has 5 heteroatoms. The van der Waals surface area contributed by atoms with E-state index in [0.29, 0.717) is 11.5 Å². The molecule has 0 saturated carbocycles. The number of aromatic nitrogens is 2. The van der Waals surface area contributed by atoms with E-state index in [4.69, 9.17) is 0 Å². The van der Waals surface area contributed by atoms with Gasteiger partial charge in [0.2, 0.25) is 0 Å². The average Bonchev–Trinajstić information content (AvgIpc) is 2.35. The van der Waals surface area contributed by atoms with E-state index in [1.54, 1.807) is 0 Å². The molecule has 0 spiro atoms. The van der Waals surface area contributed by atoms with E-state index < -0.39 is 10.8 Å². The van der Waals surface area contributed by atoms with Gasteiger partial charge in [-0.2, -0.15) is 0 Å². The Morgan fingerprint density at radius 3 is 2.73 bits per heavy atom. The Bertz CT molecular complexity index is 259. The topological polar surface area (TPSA) is 42.9 Å². The van der Waals surface area contributed by atoms with Gasteiger partial charge in [-0.3, -0.25) is 4.21 Å². The highest BCUT2D eigenvalue weighted by Gasteiger charge is 2.03. The predicted molar refractivity (Wildman–Crippen MR) is 47.0 cm³/mol. The average molecular weight is 190 g/mol. The molecule has 0 aromatic carbocycles. The van der Waals surface area contributed by atoms with E-state index in [2.05, 4.69) is 10.2 Å². The van der Waals surface area contributed by atoms with Crippen molar-refractivity contribution in [2.75, 3.05) is 5.75 Å². The molecule has 1 aromatic rings. The van der Waals surface area contributed by atoms with Crippen molar-refractivity contribution in [3.63, 3.8) is 0 Å². The lowest BCUT2D eigenvalue weighted by Gasteiger charge is -1.90. The molecule has 0 fully saturated rings. The van der Waals surface area contributed by atoms with Gasteiger partial charge in [-0.25, -0.2) is 0 Å². The summed E-state index contributed by atoms with van der Waals surface area (Å²) in [5.74, 6) is 1.25. The predicted octanol–water partition coefficient (Wildman–Crippen LogP) is 1.12. The van der Waals surface area contributed by atoms with Crippen LogP contribution < -0.4 is 0 Å². The van der Waals surface area contributed by atoms with E-state index in [1.165, 1.54) is 11.3 Å². The van der Waals surface area contributed by atoms with Gasteiger partial charge in [0, 0.05) is 16.6 Å². The van der Waals surface area contributed by atoms with Crippen LogP contribution in [0.3, 0.4) is 0 Å². The van der Waals surface area contributed by atoms with E-state index in [9.17, 15) is 4.21 Å². The SMILES string of the molecule is CCS(=O)Cc1nnc(C)s1. The summed E-state index contributed by atoms with van der Waals surface area (Å²) in [7, 11) is -0.757. The zero-order valence-electron chi connectivity index (χ0n) is 6.53. The maximum atomic E-state index is 11.0. The van der Waals surface area contributed by atoms with Crippen LogP contribution in [0.2, 0.25) is 0 Å². The Kier molecular flexibility index (Phi) is 3.14. The zero-order valence-corrected chi connectivity index (χ0v) is 8.17. The minimum absolute atomic E-state index is 0.558. The Labute approximate surface area is 72.3 Å². The van der Waals surface area contributed by atoms with Crippen molar-refractivity contribution in [3.05, 3.63) is 10.0 Å². The highest BCUT2D eigenvalue weighted by molar-refractivity contribution is 7.84. The van der Waals surface area contributed by atoms with Crippen LogP contribution in [-0.4, -0.2) is 20.2 Å². The van der Waals surface area contributed by atoms with Crippen molar-refractivity contribution >= 4 is 22.1 Å². The van der Waals surface area contributed by atoms with Crippen molar-refractivity contribution in [1.82, 2.24) is 10.2 Å². The molecular formula is C6H10N2OS2. The minimum Gasteiger partial charge on any atom is -0.259 e. The van der Waals surface area contributed by atoms with E-state index in [1.807, 2.05) is 13.8 Å². The van der Waals surface area contributed by atoms with Gasteiger partial charge in [-0.15, -0.1) is 21.5 Å². The third kappa shape index (κ3) is 2.67. The van der Waals surface area contributed by atoms with Gasteiger partial charge in [-0.05, 0) is 6.92 Å². The summed E-state index contributed by atoms with van der Waals surface area (Å²) in [6, 6.07) is 0. The summed E-state index contributed by atoms with van der Waals surface area (Å²) >= 11 is 1.52. The lowest BCUT2D eigenvalue weighted by atomic mass is 10.8. The van der Waals surface area contributed by atoms with Crippen LogP contribution in [0, 0.1) is 6.92 Å². The highest BCUT2D eigenvalue weighted by atomic mass is 32.2. The zero-order chi connectivity index (χ0) is 8.27. The standard InChI is InChI=1S/C6H10N2OS2/c1-3-11(9)4-6-8-7-5(2)10-6/h3-4H2,1-2H3. The first-order valence-electron chi connectivity index (χ1n) is 3.36. The molecule has 1 unspecified atom stereocenters. The smallest absolute Gasteiger partial charge is 0.129 e. The van der Waals surface area contributed by atoms with Crippen LogP contribution >= 0.6 is 11.3 Å². The lowest BCUT2D eigenvalue weighted by Crippen LogP contribution is -1.96. The van der Waals surface area contributed by atoms with Gasteiger partial charge >= 0.3 is 0 Å². The molecule has 0 amide bonds. The summed E-state index contributed by atoms with van der Waals surface area (Å²) in [6.07, 6.45) is 0. The third-order valence-electron chi connectivity index (χ3n) is 1.17. The first-order valence-corrected chi connectivity index (χ1v) is 5.66.